The highest BCUT2D eigenvalue weighted by Gasteiger charge is 2.18. The summed E-state index contributed by atoms with van der Waals surface area (Å²) in [6, 6.07) is 1.33. The van der Waals surface area contributed by atoms with Gasteiger partial charge in [0.15, 0.2) is 11.6 Å². The van der Waals surface area contributed by atoms with Crippen LogP contribution in [0.3, 0.4) is 0 Å². The SMILES string of the molecule is COc1c(NCC(O)CCl)cc(Br)c(F)c1F. The molecule has 0 spiro atoms. The molecule has 1 atom stereocenters. The minimum atomic E-state index is -1.09. The number of aliphatic hydroxyl groups is 1. The summed E-state index contributed by atoms with van der Waals surface area (Å²) < 4.78 is 31.4. The number of alkyl halides is 1. The van der Waals surface area contributed by atoms with E-state index in [1.165, 1.54) is 13.2 Å². The monoisotopic (exact) mass is 329 g/mol. The third-order valence-corrected chi connectivity index (χ3v) is 2.96. The average Bonchev–Trinajstić information content (AvgIpc) is 2.33. The quantitative estimate of drug-likeness (QED) is 0.644. The molecule has 96 valence electrons. The van der Waals surface area contributed by atoms with Gasteiger partial charge in [0.05, 0.1) is 29.3 Å². The van der Waals surface area contributed by atoms with Crippen molar-refractivity contribution in [2.24, 2.45) is 0 Å². The molecule has 0 aliphatic carbocycles. The normalized spacial score (nSPS) is 12.4. The number of rotatable bonds is 5. The Balaban J connectivity index is 2.98. The summed E-state index contributed by atoms with van der Waals surface area (Å²) in [6.07, 6.45) is -0.784. The lowest BCUT2D eigenvalue weighted by Gasteiger charge is -2.15. The molecule has 0 amide bonds. The molecule has 0 saturated carbocycles. The molecule has 0 fully saturated rings. The molecule has 1 unspecified atom stereocenters. The highest BCUT2D eigenvalue weighted by Crippen LogP contribution is 2.34. The van der Waals surface area contributed by atoms with E-state index < -0.39 is 17.7 Å². The van der Waals surface area contributed by atoms with Crippen LogP contribution < -0.4 is 10.1 Å². The van der Waals surface area contributed by atoms with E-state index in [1.54, 1.807) is 0 Å². The van der Waals surface area contributed by atoms with E-state index in [9.17, 15) is 13.9 Å². The summed E-state index contributed by atoms with van der Waals surface area (Å²) in [7, 11) is 1.23. The maximum absolute atomic E-state index is 13.5. The van der Waals surface area contributed by atoms with Gasteiger partial charge >= 0.3 is 0 Å². The van der Waals surface area contributed by atoms with Gasteiger partial charge in [-0.2, -0.15) is 4.39 Å². The van der Waals surface area contributed by atoms with Gasteiger partial charge in [0, 0.05) is 6.54 Å². The van der Waals surface area contributed by atoms with Crippen molar-refractivity contribution in [3.05, 3.63) is 22.2 Å². The van der Waals surface area contributed by atoms with Crippen molar-refractivity contribution in [3.63, 3.8) is 0 Å². The number of halogens is 4. The molecule has 0 radical (unpaired) electrons. The third kappa shape index (κ3) is 3.43. The summed E-state index contributed by atoms with van der Waals surface area (Å²) in [5.74, 6) is -2.32. The van der Waals surface area contributed by atoms with Gasteiger partial charge in [0.1, 0.15) is 0 Å². The summed E-state index contributed by atoms with van der Waals surface area (Å²) in [4.78, 5) is 0. The number of hydrogen-bond acceptors (Lipinski definition) is 3. The van der Waals surface area contributed by atoms with Gasteiger partial charge in [-0.1, -0.05) is 0 Å². The minimum absolute atomic E-state index is 0.0290. The second-order valence-electron chi connectivity index (χ2n) is 3.26. The summed E-state index contributed by atoms with van der Waals surface area (Å²) >= 11 is 8.30. The van der Waals surface area contributed by atoms with E-state index in [0.717, 1.165) is 0 Å². The average molecular weight is 331 g/mol. The second kappa shape index (κ2) is 6.37. The highest BCUT2D eigenvalue weighted by molar-refractivity contribution is 9.10. The van der Waals surface area contributed by atoms with Gasteiger partial charge in [-0.25, -0.2) is 4.39 Å². The molecular formula is C10H11BrClF2NO2. The molecule has 1 rings (SSSR count). The van der Waals surface area contributed by atoms with Gasteiger partial charge in [-0.05, 0) is 22.0 Å². The Labute approximate surface area is 111 Å². The molecule has 0 aliphatic rings. The Morgan fingerprint density at radius 2 is 2.18 bits per heavy atom. The van der Waals surface area contributed by atoms with Gasteiger partial charge in [-0.3, -0.25) is 0 Å². The van der Waals surface area contributed by atoms with Gasteiger partial charge < -0.3 is 15.2 Å². The predicted molar refractivity (Wildman–Crippen MR) is 65.8 cm³/mol. The topological polar surface area (TPSA) is 41.5 Å². The van der Waals surface area contributed by atoms with Crippen molar-refractivity contribution in [2.75, 3.05) is 24.9 Å². The lowest BCUT2D eigenvalue weighted by molar-refractivity contribution is 0.211. The molecule has 7 heteroatoms. The lowest BCUT2D eigenvalue weighted by Crippen LogP contribution is -2.21. The van der Waals surface area contributed by atoms with Crippen molar-refractivity contribution in [1.82, 2.24) is 0 Å². The first-order valence-corrected chi connectivity index (χ1v) is 6.03. The van der Waals surface area contributed by atoms with Crippen LogP contribution in [0.1, 0.15) is 0 Å². The van der Waals surface area contributed by atoms with Crippen LogP contribution in [0.5, 0.6) is 5.75 Å². The van der Waals surface area contributed by atoms with E-state index >= 15 is 0 Å². The maximum Gasteiger partial charge on any atom is 0.203 e. The molecule has 1 aromatic rings. The van der Waals surface area contributed by atoms with Crippen molar-refractivity contribution in [3.8, 4) is 5.75 Å². The van der Waals surface area contributed by atoms with Crippen LogP contribution in [0.4, 0.5) is 14.5 Å². The molecule has 17 heavy (non-hydrogen) atoms. The molecule has 0 aliphatic heterocycles. The van der Waals surface area contributed by atoms with Gasteiger partial charge in [0.25, 0.3) is 0 Å². The third-order valence-electron chi connectivity index (χ3n) is 2.03. The zero-order chi connectivity index (χ0) is 13.0. The van der Waals surface area contributed by atoms with Crippen LogP contribution in [-0.4, -0.2) is 30.7 Å². The molecule has 0 aromatic heterocycles. The zero-order valence-corrected chi connectivity index (χ0v) is 11.3. The summed E-state index contributed by atoms with van der Waals surface area (Å²) in [5.41, 5.74) is 0.238. The second-order valence-corrected chi connectivity index (χ2v) is 4.42. The van der Waals surface area contributed by atoms with E-state index in [-0.39, 0.29) is 28.3 Å². The molecule has 2 N–H and O–H groups in total. The largest absolute Gasteiger partial charge is 0.491 e. The number of methoxy groups -OCH3 is 1. The first-order valence-electron chi connectivity index (χ1n) is 4.70. The number of benzene rings is 1. The number of nitrogens with one attached hydrogen (secondary N) is 1. The Morgan fingerprint density at radius 1 is 1.53 bits per heavy atom. The maximum atomic E-state index is 13.5. The molecule has 0 bridgehead atoms. The predicted octanol–water partition coefficient (Wildman–Crippen LogP) is 2.75. The molecule has 0 saturated heterocycles. The number of aliphatic hydroxyl groups excluding tert-OH is 1. The van der Waals surface area contributed by atoms with E-state index in [1.807, 2.05) is 0 Å². The fraction of sp³-hybridized carbons (Fsp3) is 0.400. The van der Waals surface area contributed by atoms with Gasteiger partial charge in [-0.15, -0.1) is 11.6 Å². The standard InChI is InChI=1S/C10H11BrClF2NO2/c1-17-10-7(15-4-5(16)3-12)2-6(11)8(13)9(10)14/h2,5,15-16H,3-4H2,1H3. The van der Waals surface area contributed by atoms with Crippen LogP contribution in [0.25, 0.3) is 0 Å². The van der Waals surface area contributed by atoms with Crippen LogP contribution in [0.15, 0.2) is 10.5 Å². The smallest absolute Gasteiger partial charge is 0.203 e. The minimum Gasteiger partial charge on any atom is -0.491 e. The lowest BCUT2D eigenvalue weighted by atomic mass is 10.2. The van der Waals surface area contributed by atoms with Crippen molar-refractivity contribution >= 4 is 33.2 Å². The summed E-state index contributed by atoms with van der Waals surface area (Å²) in [6.45, 7) is 0.109. The van der Waals surface area contributed by atoms with Crippen LogP contribution >= 0.6 is 27.5 Å². The number of hydrogen-bond donors (Lipinski definition) is 2. The van der Waals surface area contributed by atoms with E-state index in [0.29, 0.717) is 0 Å². The highest BCUT2D eigenvalue weighted by atomic mass is 79.9. The van der Waals surface area contributed by atoms with Crippen molar-refractivity contribution in [2.45, 2.75) is 6.10 Å². The number of ether oxygens (including phenoxy) is 1. The first-order chi connectivity index (χ1) is 8.01. The first kappa shape index (κ1) is 14.5. The van der Waals surface area contributed by atoms with Crippen LogP contribution in [-0.2, 0) is 0 Å². The van der Waals surface area contributed by atoms with E-state index in [2.05, 4.69) is 21.2 Å². The van der Waals surface area contributed by atoms with Crippen molar-refractivity contribution < 1.29 is 18.6 Å². The summed E-state index contributed by atoms with van der Waals surface area (Å²) in [5, 5.41) is 12.0. The number of anilines is 1. The fourth-order valence-corrected chi connectivity index (χ4v) is 1.70. The van der Waals surface area contributed by atoms with Crippen LogP contribution in [0.2, 0.25) is 0 Å². The Morgan fingerprint density at radius 3 is 2.71 bits per heavy atom. The van der Waals surface area contributed by atoms with Crippen molar-refractivity contribution in [1.29, 1.82) is 0 Å². The Kier molecular flexibility index (Phi) is 5.42. The molecular weight excluding hydrogens is 319 g/mol. The van der Waals surface area contributed by atoms with E-state index in [4.69, 9.17) is 16.3 Å². The fourth-order valence-electron chi connectivity index (χ4n) is 1.19. The molecule has 3 nitrogen and oxygen atoms in total. The van der Waals surface area contributed by atoms with Crippen LogP contribution in [0, 0.1) is 11.6 Å². The Bertz CT molecular complexity index is 406. The molecule has 1 aromatic carbocycles. The zero-order valence-electron chi connectivity index (χ0n) is 8.94. The van der Waals surface area contributed by atoms with Gasteiger partial charge in [0.2, 0.25) is 5.82 Å². The molecule has 0 heterocycles. The Hall–Kier alpha value is -0.590.